The number of hydrogen-bond donors (Lipinski definition) is 0. The molecule has 22 heavy (non-hydrogen) atoms. The van der Waals surface area contributed by atoms with Gasteiger partial charge in [-0.2, -0.15) is 0 Å². The van der Waals surface area contributed by atoms with Gasteiger partial charge in [-0.3, -0.25) is 4.90 Å². The van der Waals surface area contributed by atoms with Gasteiger partial charge in [-0.25, -0.2) is 0 Å². The zero-order valence-electron chi connectivity index (χ0n) is 14.4. The molecule has 0 aromatic heterocycles. The predicted molar refractivity (Wildman–Crippen MR) is 94.8 cm³/mol. The first-order valence-electron chi connectivity index (χ1n) is 8.58. The van der Waals surface area contributed by atoms with Crippen molar-refractivity contribution in [3.63, 3.8) is 0 Å². The number of ether oxygens (including phenoxy) is 1. The maximum Gasteiger partial charge on any atom is 0.108 e. The molecule has 0 saturated carbocycles. The molecule has 0 saturated heterocycles. The summed E-state index contributed by atoms with van der Waals surface area (Å²) in [7, 11) is 0. The zero-order chi connectivity index (χ0) is 16.2. The Labute approximate surface area is 136 Å². The third-order valence-electron chi connectivity index (χ3n) is 4.09. The van der Waals surface area contributed by atoms with Gasteiger partial charge in [0.15, 0.2) is 0 Å². The van der Waals surface area contributed by atoms with Crippen molar-refractivity contribution >= 4 is 0 Å². The van der Waals surface area contributed by atoms with E-state index in [-0.39, 0.29) is 6.10 Å². The van der Waals surface area contributed by atoms with Crippen molar-refractivity contribution in [1.29, 1.82) is 0 Å². The first-order valence-corrected chi connectivity index (χ1v) is 8.58. The Morgan fingerprint density at radius 1 is 1.09 bits per heavy atom. The highest BCUT2D eigenvalue weighted by Gasteiger charge is 2.25. The lowest BCUT2D eigenvalue weighted by atomic mass is 10.0. The van der Waals surface area contributed by atoms with Crippen LogP contribution in [0.3, 0.4) is 0 Å². The quantitative estimate of drug-likeness (QED) is 0.551. The van der Waals surface area contributed by atoms with Crippen molar-refractivity contribution in [3.8, 4) is 12.3 Å². The second kappa shape index (κ2) is 11.3. The molecule has 1 aromatic carbocycles. The van der Waals surface area contributed by atoms with Gasteiger partial charge in [0.2, 0.25) is 0 Å². The third kappa shape index (κ3) is 6.22. The summed E-state index contributed by atoms with van der Waals surface area (Å²) in [5, 5.41) is 0. The van der Waals surface area contributed by atoms with E-state index in [1.54, 1.807) is 0 Å². The van der Waals surface area contributed by atoms with E-state index in [0.717, 1.165) is 13.1 Å². The predicted octanol–water partition coefficient (Wildman–Crippen LogP) is 4.67. The molecular weight excluding hydrogens is 270 g/mol. The van der Waals surface area contributed by atoms with Crippen LogP contribution in [0.4, 0.5) is 0 Å². The van der Waals surface area contributed by atoms with Gasteiger partial charge in [0, 0.05) is 6.04 Å². The minimum Gasteiger partial charge on any atom is -0.359 e. The Kier molecular flexibility index (Phi) is 9.62. The van der Waals surface area contributed by atoms with Crippen molar-refractivity contribution in [2.45, 2.75) is 58.6 Å². The molecule has 2 heteroatoms. The molecule has 2 nitrogen and oxygen atoms in total. The zero-order valence-corrected chi connectivity index (χ0v) is 14.4. The smallest absolute Gasteiger partial charge is 0.108 e. The topological polar surface area (TPSA) is 12.5 Å². The maximum atomic E-state index is 6.00. The minimum absolute atomic E-state index is 0.0333. The summed E-state index contributed by atoms with van der Waals surface area (Å²) in [5.41, 5.74) is 1.21. The molecular formula is C20H31NO. The largest absolute Gasteiger partial charge is 0.359 e. The summed E-state index contributed by atoms with van der Waals surface area (Å²) >= 11 is 0. The van der Waals surface area contributed by atoms with E-state index in [9.17, 15) is 0 Å². The Bertz CT molecular complexity index is 415. The van der Waals surface area contributed by atoms with Crippen LogP contribution in [0.25, 0.3) is 0 Å². The van der Waals surface area contributed by atoms with Crippen LogP contribution in [0, 0.1) is 12.3 Å². The van der Waals surface area contributed by atoms with Gasteiger partial charge in [-0.05, 0) is 38.4 Å². The molecule has 0 aliphatic heterocycles. The van der Waals surface area contributed by atoms with Crippen molar-refractivity contribution < 1.29 is 4.74 Å². The summed E-state index contributed by atoms with van der Waals surface area (Å²) in [5.74, 6) is 2.61. The number of terminal acetylenes is 1. The summed E-state index contributed by atoms with van der Waals surface area (Å²) in [6.45, 7) is 9.36. The Morgan fingerprint density at radius 3 is 2.18 bits per heavy atom. The summed E-state index contributed by atoms with van der Waals surface area (Å²) in [4.78, 5) is 2.56. The Hall–Kier alpha value is -1.30. The Balaban J connectivity index is 2.86. The molecule has 0 amide bonds. The molecule has 122 valence electrons. The minimum atomic E-state index is 0.0333. The number of rotatable bonds is 11. The molecule has 0 fully saturated rings. The first-order chi connectivity index (χ1) is 10.7. The lowest BCUT2D eigenvalue weighted by Gasteiger charge is -2.34. The van der Waals surface area contributed by atoms with Crippen molar-refractivity contribution in [2.24, 2.45) is 0 Å². The number of benzene rings is 1. The summed E-state index contributed by atoms with van der Waals surface area (Å²) < 4.78 is 6.00. The van der Waals surface area contributed by atoms with Crippen LogP contribution in [0.5, 0.6) is 0 Å². The SMILES string of the molecule is C#CCO[C@H](c1ccccc1)[C@H](C)N(CCCC)CCCC. The monoisotopic (exact) mass is 301 g/mol. The second-order valence-electron chi connectivity index (χ2n) is 5.83. The van der Waals surface area contributed by atoms with Crippen LogP contribution >= 0.6 is 0 Å². The van der Waals surface area contributed by atoms with Gasteiger partial charge < -0.3 is 4.74 Å². The lowest BCUT2D eigenvalue weighted by Crippen LogP contribution is -2.40. The molecule has 0 radical (unpaired) electrons. The molecule has 0 unspecified atom stereocenters. The average molecular weight is 301 g/mol. The van der Waals surface area contributed by atoms with Crippen LogP contribution < -0.4 is 0 Å². The fraction of sp³-hybridized carbons (Fsp3) is 0.600. The van der Waals surface area contributed by atoms with Crippen LogP contribution in [0.15, 0.2) is 30.3 Å². The summed E-state index contributed by atoms with van der Waals surface area (Å²) in [6.07, 6.45) is 10.3. The van der Waals surface area contributed by atoms with E-state index >= 15 is 0 Å². The maximum absolute atomic E-state index is 6.00. The van der Waals surface area contributed by atoms with Crippen molar-refractivity contribution in [2.75, 3.05) is 19.7 Å². The highest BCUT2D eigenvalue weighted by atomic mass is 16.5. The molecule has 2 atom stereocenters. The standard InChI is InChI=1S/C20H31NO/c1-5-8-15-21(16-9-6-2)18(4)20(22-17-7-3)19-13-11-10-12-14-19/h3,10-14,18,20H,5-6,8-9,15-17H2,1-2,4H3/t18-,20-/m0/s1. The highest BCUT2D eigenvalue weighted by Crippen LogP contribution is 2.25. The van der Waals surface area contributed by atoms with E-state index in [4.69, 9.17) is 11.2 Å². The van der Waals surface area contributed by atoms with Gasteiger partial charge in [0.05, 0.1) is 6.10 Å². The molecule has 0 aliphatic carbocycles. The normalized spacial score (nSPS) is 13.8. The number of nitrogens with zero attached hydrogens (tertiary/aromatic N) is 1. The van der Waals surface area contributed by atoms with Gasteiger partial charge in [0.1, 0.15) is 6.61 Å². The molecule has 1 rings (SSSR count). The van der Waals surface area contributed by atoms with E-state index in [0.29, 0.717) is 12.6 Å². The lowest BCUT2D eigenvalue weighted by molar-refractivity contribution is 0.00376. The van der Waals surface area contributed by atoms with Crippen LogP contribution in [-0.2, 0) is 4.74 Å². The average Bonchev–Trinajstić information content (AvgIpc) is 2.56. The molecule has 0 spiro atoms. The van der Waals surface area contributed by atoms with Crippen molar-refractivity contribution in [1.82, 2.24) is 4.90 Å². The van der Waals surface area contributed by atoms with E-state index in [2.05, 4.69) is 55.9 Å². The van der Waals surface area contributed by atoms with Gasteiger partial charge in [0.25, 0.3) is 0 Å². The molecule has 1 aromatic rings. The van der Waals surface area contributed by atoms with Crippen molar-refractivity contribution in [3.05, 3.63) is 35.9 Å². The molecule has 0 N–H and O–H groups in total. The molecule has 0 bridgehead atoms. The van der Waals surface area contributed by atoms with Gasteiger partial charge >= 0.3 is 0 Å². The second-order valence-corrected chi connectivity index (χ2v) is 5.83. The fourth-order valence-corrected chi connectivity index (χ4v) is 2.73. The van der Waals surface area contributed by atoms with E-state index in [1.165, 1.54) is 31.2 Å². The number of hydrogen-bond acceptors (Lipinski definition) is 2. The fourth-order valence-electron chi connectivity index (χ4n) is 2.73. The molecule has 0 heterocycles. The highest BCUT2D eigenvalue weighted by molar-refractivity contribution is 5.19. The van der Waals surface area contributed by atoms with E-state index < -0.39 is 0 Å². The third-order valence-corrected chi connectivity index (χ3v) is 4.09. The van der Waals surface area contributed by atoms with Gasteiger partial charge in [-0.1, -0.05) is 62.9 Å². The number of unbranched alkanes of at least 4 members (excludes halogenated alkanes) is 2. The Morgan fingerprint density at radius 2 is 1.68 bits per heavy atom. The van der Waals surface area contributed by atoms with E-state index in [1.807, 2.05) is 6.07 Å². The van der Waals surface area contributed by atoms with Crippen LogP contribution in [0.1, 0.15) is 58.1 Å². The van der Waals surface area contributed by atoms with Gasteiger partial charge in [-0.15, -0.1) is 6.42 Å². The van der Waals surface area contributed by atoms with Crippen LogP contribution in [0.2, 0.25) is 0 Å². The molecule has 0 aliphatic rings. The first kappa shape index (κ1) is 18.7. The summed E-state index contributed by atoms with van der Waals surface area (Å²) in [6, 6.07) is 10.8. The van der Waals surface area contributed by atoms with Crippen LogP contribution in [-0.4, -0.2) is 30.6 Å².